The number of carbonyl (C=O) groups excluding carboxylic acids is 1. The first-order valence-electron chi connectivity index (χ1n) is 9.20. The van der Waals surface area contributed by atoms with Crippen LogP contribution < -0.4 is 15.4 Å². The van der Waals surface area contributed by atoms with Crippen LogP contribution in [0.2, 0.25) is 0 Å². The van der Waals surface area contributed by atoms with Crippen LogP contribution >= 0.6 is 15.9 Å². The van der Waals surface area contributed by atoms with Gasteiger partial charge in [-0.1, -0.05) is 0 Å². The number of aromatic nitrogens is 2. The number of ether oxygens (including phenoxy) is 1. The standard InChI is InChI=1S/C19H26BrN5O4S/c1-6-29-19(27)25-30(5,28)16-8-7-14(9-11(16)2)23-18-21-10-15(20)17(24-18)22-12(3)13(4)26/h7-10,12-13,26H,5-6H2,1-4H3,(H,25,27,28)(H2,21,22,23,24)/t12-,13-,30?/m1/s1. The lowest BCUT2D eigenvalue weighted by Crippen LogP contribution is -2.31. The number of hydrogen-bond acceptors (Lipinski definition) is 8. The fourth-order valence-electron chi connectivity index (χ4n) is 2.44. The Morgan fingerprint density at radius 2 is 2.10 bits per heavy atom. The normalized spacial score (nSPS) is 14.9. The number of aliphatic hydroxyl groups is 1. The Labute approximate surface area is 184 Å². The average molecular weight is 500 g/mol. The van der Waals surface area contributed by atoms with Crippen molar-refractivity contribution in [3.05, 3.63) is 34.4 Å². The number of aryl methyl sites for hydroxylation is 1. The third-order valence-electron chi connectivity index (χ3n) is 4.14. The Kier molecular flexibility index (Phi) is 8.04. The minimum absolute atomic E-state index is 0.170. The van der Waals surface area contributed by atoms with E-state index in [1.807, 2.05) is 6.92 Å². The highest BCUT2D eigenvalue weighted by atomic mass is 79.9. The van der Waals surface area contributed by atoms with Crippen LogP contribution in [-0.4, -0.2) is 50.0 Å². The number of amides is 1. The summed E-state index contributed by atoms with van der Waals surface area (Å²) >= 11 is 3.39. The molecule has 0 aliphatic heterocycles. The quantitative estimate of drug-likeness (QED) is 0.408. The van der Waals surface area contributed by atoms with Gasteiger partial charge in [-0.05, 0) is 73.3 Å². The highest BCUT2D eigenvalue weighted by Crippen LogP contribution is 2.25. The van der Waals surface area contributed by atoms with E-state index in [0.29, 0.717) is 32.4 Å². The number of carbonyl (C=O) groups is 1. The Morgan fingerprint density at radius 3 is 2.70 bits per heavy atom. The van der Waals surface area contributed by atoms with Crippen LogP contribution in [0.5, 0.6) is 0 Å². The first-order valence-corrected chi connectivity index (χ1v) is 11.7. The number of benzene rings is 1. The molecule has 1 heterocycles. The van der Waals surface area contributed by atoms with Crippen LogP contribution in [-0.2, 0) is 14.4 Å². The van der Waals surface area contributed by atoms with Gasteiger partial charge in [0.1, 0.15) is 5.82 Å². The molecule has 0 aliphatic rings. The van der Waals surface area contributed by atoms with E-state index >= 15 is 0 Å². The van der Waals surface area contributed by atoms with Crippen molar-refractivity contribution in [1.82, 2.24) is 14.7 Å². The highest BCUT2D eigenvalue weighted by Gasteiger charge is 2.16. The van der Waals surface area contributed by atoms with Gasteiger partial charge < -0.3 is 20.5 Å². The van der Waals surface area contributed by atoms with E-state index in [1.165, 1.54) is 0 Å². The van der Waals surface area contributed by atoms with E-state index in [0.717, 1.165) is 0 Å². The molecule has 0 spiro atoms. The first-order chi connectivity index (χ1) is 14.0. The molecule has 4 N–H and O–H groups in total. The van der Waals surface area contributed by atoms with Gasteiger partial charge in [-0.2, -0.15) is 4.98 Å². The lowest BCUT2D eigenvalue weighted by atomic mass is 10.2. The molecule has 0 bridgehead atoms. The van der Waals surface area contributed by atoms with Crippen LogP contribution in [0.15, 0.2) is 33.8 Å². The minimum Gasteiger partial charge on any atom is -0.449 e. The van der Waals surface area contributed by atoms with Crippen molar-refractivity contribution < 1.29 is 18.8 Å². The minimum atomic E-state index is -3.06. The monoisotopic (exact) mass is 499 g/mol. The van der Waals surface area contributed by atoms with E-state index in [4.69, 9.17) is 4.74 Å². The topological polar surface area (TPSA) is 125 Å². The average Bonchev–Trinajstić information content (AvgIpc) is 2.63. The Hall–Kier alpha value is -2.37. The van der Waals surface area contributed by atoms with E-state index in [9.17, 15) is 14.1 Å². The van der Waals surface area contributed by atoms with Crippen LogP contribution in [0.3, 0.4) is 0 Å². The van der Waals surface area contributed by atoms with Crippen molar-refractivity contribution in [3.63, 3.8) is 0 Å². The zero-order valence-corrected chi connectivity index (χ0v) is 19.6. The summed E-state index contributed by atoms with van der Waals surface area (Å²) in [6.07, 6.45) is 0.257. The summed E-state index contributed by atoms with van der Waals surface area (Å²) in [6, 6.07) is 4.86. The van der Waals surface area contributed by atoms with Gasteiger partial charge in [-0.25, -0.2) is 18.7 Å². The third-order valence-corrected chi connectivity index (χ3v) is 6.39. The lowest BCUT2D eigenvalue weighted by molar-refractivity contribution is 0.159. The molecule has 0 aliphatic carbocycles. The summed E-state index contributed by atoms with van der Waals surface area (Å²) in [6.45, 7) is 7.12. The molecule has 11 heteroatoms. The second-order valence-corrected chi connectivity index (χ2v) is 9.52. The summed E-state index contributed by atoms with van der Waals surface area (Å²) in [4.78, 5) is 20.7. The maximum Gasteiger partial charge on any atom is 0.418 e. The van der Waals surface area contributed by atoms with Gasteiger partial charge in [-0.15, -0.1) is 0 Å². The van der Waals surface area contributed by atoms with Gasteiger partial charge in [0.05, 0.1) is 37.8 Å². The van der Waals surface area contributed by atoms with Gasteiger partial charge in [0.15, 0.2) is 0 Å². The molecule has 3 atom stereocenters. The van der Waals surface area contributed by atoms with Crippen molar-refractivity contribution in [3.8, 4) is 0 Å². The Bertz CT molecular complexity index is 1010. The molecule has 9 nitrogen and oxygen atoms in total. The maximum absolute atomic E-state index is 12.8. The second kappa shape index (κ2) is 10.1. The van der Waals surface area contributed by atoms with Crippen molar-refractivity contribution in [2.75, 3.05) is 17.2 Å². The second-order valence-electron chi connectivity index (χ2n) is 6.67. The molecule has 0 saturated carbocycles. The van der Waals surface area contributed by atoms with Gasteiger partial charge in [0, 0.05) is 11.9 Å². The fourth-order valence-corrected chi connectivity index (χ4v) is 4.05. The number of rotatable bonds is 8. The first kappa shape index (κ1) is 23.9. The van der Waals surface area contributed by atoms with Gasteiger partial charge in [0.2, 0.25) is 5.95 Å². The van der Waals surface area contributed by atoms with Crippen LogP contribution in [0.25, 0.3) is 0 Å². The predicted molar refractivity (Wildman–Crippen MR) is 123 cm³/mol. The van der Waals surface area contributed by atoms with E-state index in [2.05, 4.69) is 47.1 Å². The SMILES string of the molecule is C=S(=O)(NC(=O)OCC)c1ccc(Nc2ncc(Br)c(N[C@H](C)[C@@H](C)O)n2)cc1C. The lowest BCUT2D eigenvalue weighted by Gasteiger charge is -2.18. The van der Waals surface area contributed by atoms with E-state index < -0.39 is 21.9 Å². The summed E-state index contributed by atoms with van der Waals surface area (Å²) < 4.78 is 20.5. The summed E-state index contributed by atoms with van der Waals surface area (Å²) in [5, 5.41) is 15.9. The van der Waals surface area contributed by atoms with Crippen LogP contribution in [0.1, 0.15) is 26.3 Å². The van der Waals surface area contributed by atoms with E-state index in [1.54, 1.807) is 45.2 Å². The molecule has 2 rings (SSSR count). The smallest absolute Gasteiger partial charge is 0.418 e. The maximum atomic E-state index is 12.8. The predicted octanol–water partition coefficient (Wildman–Crippen LogP) is 3.21. The molecule has 1 aromatic carbocycles. The Balaban J connectivity index is 2.21. The van der Waals surface area contributed by atoms with Crippen LogP contribution in [0.4, 0.5) is 22.2 Å². The zero-order chi connectivity index (χ0) is 22.5. The van der Waals surface area contributed by atoms with Crippen LogP contribution in [0, 0.1) is 6.92 Å². The van der Waals surface area contributed by atoms with Crippen molar-refractivity contribution in [1.29, 1.82) is 0 Å². The zero-order valence-electron chi connectivity index (χ0n) is 17.2. The van der Waals surface area contributed by atoms with Gasteiger partial charge in [-0.3, -0.25) is 0 Å². The van der Waals surface area contributed by atoms with E-state index in [-0.39, 0.29) is 12.6 Å². The molecule has 164 valence electrons. The number of anilines is 3. The molecule has 0 saturated heterocycles. The number of nitrogens with one attached hydrogen (secondary N) is 3. The molecule has 30 heavy (non-hydrogen) atoms. The summed E-state index contributed by atoms with van der Waals surface area (Å²) in [7, 11) is -3.06. The number of nitrogens with zero attached hydrogens (tertiary/aromatic N) is 2. The number of halogens is 1. The number of hydrogen-bond donors (Lipinski definition) is 4. The molecule has 1 unspecified atom stereocenters. The molecule has 1 aromatic heterocycles. The third kappa shape index (κ3) is 6.31. The molecular weight excluding hydrogens is 474 g/mol. The fraction of sp³-hybridized carbons (Fsp3) is 0.368. The van der Waals surface area contributed by atoms with Crippen molar-refractivity contribution >= 4 is 55.1 Å². The molecular formula is C19H26BrN5O4S. The number of aliphatic hydroxyl groups excluding tert-OH is 1. The van der Waals surface area contributed by atoms with Crippen molar-refractivity contribution in [2.45, 2.75) is 44.7 Å². The molecule has 0 radical (unpaired) electrons. The molecule has 1 amide bonds. The summed E-state index contributed by atoms with van der Waals surface area (Å²) in [5.41, 5.74) is 1.33. The van der Waals surface area contributed by atoms with Gasteiger partial charge in [0.25, 0.3) is 0 Å². The van der Waals surface area contributed by atoms with Gasteiger partial charge >= 0.3 is 6.09 Å². The van der Waals surface area contributed by atoms with Crippen molar-refractivity contribution in [2.24, 2.45) is 0 Å². The summed E-state index contributed by atoms with van der Waals surface area (Å²) in [5.74, 6) is 4.51. The highest BCUT2D eigenvalue weighted by molar-refractivity contribution is 9.10. The Morgan fingerprint density at radius 1 is 1.40 bits per heavy atom. The largest absolute Gasteiger partial charge is 0.449 e. The molecule has 0 fully saturated rings. The molecule has 2 aromatic rings.